The molecule has 0 saturated carbocycles. The topological polar surface area (TPSA) is 69.3 Å². The van der Waals surface area contributed by atoms with Gasteiger partial charge in [-0.1, -0.05) is 23.7 Å². The fourth-order valence-electron chi connectivity index (χ4n) is 2.19. The molecule has 1 aromatic carbocycles. The van der Waals surface area contributed by atoms with Gasteiger partial charge in [0.25, 0.3) is 5.91 Å². The molecule has 142 valence electrons. The first-order chi connectivity index (χ1) is 12.8. The third kappa shape index (κ3) is 4.62. The second-order valence-electron chi connectivity index (χ2n) is 5.37. The van der Waals surface area contributed by atoms with Crippen molar-refractivity contribution >= 4 is 17.5 Å². The largest absolute Gasteiger partial charge is 0.467 e. The van der Waals surface area contributed by atoms with Gasteiger partial charge in [-0.2, -0.15) is 23.0 Å². The van der Waals surface area contributed by atoms with Gasteiger partial charge in [0.1, 0.15) is 5.76 Å². The highest BCUT2D eigenvalue weighted by atomic mass is 35.5. The molecule has 10 heteroatoms. The summed E-state index contributed by atoms with van der Waals surface area (Å²) in [6.45, 7) is -0.374. The lowest BCUT2D eigenvalue weighted by Crippen LogP contribution is -2.28. The minimum Gasteiger partial charge on any atom is -0.467 e. The van der Waals surface area contributed by atoms with Crippen LogP contribution in [-0.4, -0.2) is 22.3 Å². The third-order valence-electron chi connectivity index (χ3n) is 3.44. The Bertz CT molecular complexity index is 923. The Morgan fingerprint density at radius 2 is 2.04 bits per heavy atom. The number of nitrogens with zero attached hydrogens (tertiary/aromatic N) is 2. The number of rotatable bonds is 6. The molecule has 0 aliphatic heterocycles. The van der Waals surface area contributed by atoms with Crippen molar-refractivity contribution in [2.45, 2.75) is 12.7 Å². The Balaban J connectivity index is 1.76. The SMILES string of the molecule is O=C(COc1cc(C(F)(F)F)nn1-c1ccccc1Cl)NCc1ccco1. The van der Waals surface area contributed by atoms with Crippen molar-refractivity contribution in [1.82, 2.24) is 15.1 Å². The van der Waals surface area contributed by atoms with Gasteiger partial charge in [0, 0.05) is 6.07 Å². The summed E-state index contributed by atoms with van der Waals surface area (Å²) in [5, 5.41) is 6.22. The van der Waals surface area contributed by atoms with E-state index in [0.29, 0.717) is 11.8 Å². The Hall–Kier alpha value is -2.94. The van der Waals surface area contributed by atoms with Crippen molar-refractivity contribution < 1.29 is 27.1 Å². The number of carbonyl (C=O) groups is 1. The number of hydrogen-bond donors (Lipinski definition) is 1. The van der Waals surface area contributed by atoms with E-state index in [0.717, 1.165) is 4.68 Å². The highest BCUT2D eigenvalue weighted by Gasteiger charge is 2.35. The fraction of sp³-hybridized carbons (Fsp3) is 0.176. The molecule has 0 aliphatic carbocycles. The first kappa shape index (κ1) is 18.8. The first-order valence-corrected chi connectivity index (χ1v) is 8.06. The molecule has 27 heavy (non-hydrogen) atoms. The maximum absolute atomic E-state index is 13.0. The fourth-order valence-corrected chi connectivity index (χ4v) is 2.41. The van der Waals surface area contributed by atoms with Crippen LogP contribution in [0.15, 0.2) is 53.1 Å². The summed E-state index contributed by atoms with van der Waals surface area (Å²) in [6, 6.07) is 10.3. The quantitative estimate of drug-likeness (QED) is 0.684. The molecule has 2 aromatic heterocycles. The Morgan fingerprint density at radius 1 is 1.26 bits per heavy atom. The van der Waals surface area contributed by atoms with Gasteiger partial charge in [-0.3, -0.25) is 4.79 Å². The van der Waals surface area contributed by atoms with Crippen LogP contribution in [0.2, 0.25) is 5.02 Å². The van der Waals surface area contributed by atoms with Crippen LogP contribution in [0.5, 0.6) is 5.88 Å². The maximum atomic E-state index is 13.0. The zero-order chi connectivity index (χ0) is 19.4. The molecule has 0 bridgehead atoms. The summed E-state index contributed by atoms with van der Waals surface area (Å²) >= 11 is 6.04. The molecule has 3 aromatic rings. The molecule has 2 heterocycles. The third-order valence-corrected chi connectivity index (χ3v) is 3.76. The van der Waals surface area contributed by atoms with Crippen LogP contribution in [-0.2, 0) is 17.5 Å². The Kier molecular flexibility index (Phi) is 5.41. The van der Waals surface area contributed by atoms with Crippen molar-refractivity contribution in [3.8, 4) is 11.6 Å². The van der Waals surface area contributed by atoms with E-state index in [9.17, 15) is 18.0 Å². The number of amides is 1. The molecule has 0 fully saturated rings. The Labute approximate surface area is 156 Å². The van der Waals surface area contributed by atoms with Crippen LogP contribution in [0.25, 0.3) is 5.69 Å². The molecule has 0 spiro atoms. The number of hydrogen-bond acceptors (Lipinski definition) is 4. The van der Waals surface area contributed by atoms with Gasteiger partial charge in [-0.25, -0.2) is 0 Å². The van der Waals surface area contributed by atoms with E-state index in [1.807, 2.05) is 0 Å². The first-order valence-electron chi connectivity index (χ1n) is 7.68. The summed E-state index contributed by atoms with van der Waals surface area (Å²) in [5.41, 5.74) is -0.964. The number of carbonyl (C=O) groups excluding carboxylic acids is 1. The van der Waals surface area contributed by atoms with E-state index >= 15 is 0 Å². The van der Waals surface area contributed by atoms with Crippen LogP contribution >= 0.6 is 11.6 Å². The van der Waals surface area contributed by atoms with E-state index < -0.39 is 24.4 Å². The predicted molar refractivity (Wildman–Crippen MR) is 89.6 cm³/mol. The van der Waals surface area contributed by atoms with Gasteiger partial charge in [-0.05, 0) is 24.3 Å². The zero-order valence-corrected chi connectivity index (χ0v) is 14.4. The van der Waals surface area contributed by atoms with Crippen LogP contribution in [0, 0.1) is 0 Å². The van der Waals surface area contributed by atoms with Gasteiger partial charge >= 0.3 is 6.18 Å². The second kappa shape index (κ2) is 7.75. The molecule has 0 atom stereocenters. The smallest absolute Gasteiger partial charge is 0.435 e. The second-order valence-corrected chi connectivity index (χ2v) is 5.78. The average molecular weight is 400 g/mol. The highest BCUT2D eigenvalue weighted by molar-refractivity contribution is 6.32. The molecular weight excluding hydrogens is 387 g/mol. The number of alkyl halides is 3. The van der Waals surface area contributed by atoms with Gasteiger partial charge in [0.05, 0.1) is 23.5 Å². The molecular formula is C17H13ClF3N3O3. The molecule has 1 N–H and O–H groups in total. The zero-order valence-electron chi connectivity index (χ0n) is 13.7. The van der Waals surface area contributed by atoms with E-state index in [1.54, 1.807) is 24.3 Å². The van der Waals surface area contributed by atoms with Gasteiger partial charge in [-0.15, -0.1) is 0 Å². The molecule has 0 unspecified atom stereocenters. The number of aromatic nitrogens is 2. The molecule has 0 saturated heterocycles. The number of benzene rings is 1. The summed E-state index contributed by atoms with van der Waals surface area (Å²) in [7, 11) is 0. The molecule has 3 rings (SSSR count). The highest BCUT2D eigenvalue weighted by Crippen LogP contribution is 2.33. The number of para-hydroxylation sites is 1. The lowest BCUT2D eigenvalue weighted by Gasteiger charge is -2.10. The molecule has 6 nitrogen and oxygen atoms in total. The monoisotopic (exact) mass is 399 g/mol. The van der Waals surface area contributed by atoms with Crippen LogP contribution < -0.4 is 10.1 Å². The molecule has 1 amide bonds. The predicted octanol–water partition coefficient (Wildman–Crippen LogP) is 3.83. The summed E-state index contributed by atoms with van der Waals surface area (Å²) in [4.78, 5) is 11.9. The van der Waals surface area contributed by atoms with E-state index in [4.69, 9.17) is 20.8 Å². The number of nitrogens with one attached hydrogen (secondary N) is 1. The lowest BCUT2D eigenvalue weighted by molar-refractivity contribution is -0.141. The van der Waals surface area contributed by atoms with Crippen molar-refractivity contribution in [3.05, 3.63) is 65.2 Å². The standard InChI is InChI=1S/C17H13ClF3N3O3/c18-12-5-1-2-6-13(12)24-16(8-14(23-24)17(19,20)21)27-10-15(25)22-9-11-4-3-7-26-11/h1-8H,9-10H2,(H,22,25). The summed E-state index contributed by atoms with van der Waals surface area (Å²) < 4.78 is 50.3. The van der Waals surface area contributed by atoms with E-state index in [1.165, 1.54) is 18.4 Å². The summed E-state index contributed by atoms with van der Waals surface area (Å²) in [5.74, 6) is -0.265. The van der Waals surface area contributed by atoms with Crippen LogP contribution in [0.3, 0.4) is 0 Å². The number of halogens is 4. The van der Waals surface area contributed by atoms with Gasteiger partial charge < -0.3 is 14.5 Å². The normalized spacial score (nSPS) is 11.4. The van der Waals surface area contributed by atoms with Crippen molar-refractivity contribution in [2.75, 3.05) is 6.61 Å². The van der Waals surface area contributed by atoms with Gasteiger partial charge in [0.2, 0.25) is 5.88 Å². The van der Waals surface area contributed by atoms with Gasteiger partial charge in [0.15, 0.2) is 12.3 Å². The van der Waals surface area contributed by atoms with E-state index in [2.05, 4.69) is 10.4 Å². The number of furan rings is 1. The average Bonchev–Trinajstić information content (AvgIpc) is 3.28. The van der Waals surface area contributed by atoms with Crippen molar-refractivity contribution in [3.63, 3.8) is 0 Å². The summed E-state index contributed by atoms with van der Waals surface area (Å²) in [6.07, 6.45) is -3.22. The molecule has 0 aliphatic rings. The van der Waals surface area contributed by atoms with Crippen LogP contribution in [0.4, 0.5) is 13.2 Å². The minimum atomic E-state index is -4.67. The Morgan fingerprint density at radius 3 is 2.70 bits per heavy atom. The number of ether oxygens (including phenoxy) is 1. The van der Waals surface area contributed by atoms with Crippen LogP contribution in [0.1, 0.15) is 11.5 Å². The van der Waals surface area contributed by atoms with Crippen molar-refractivity contribution in [2.24, 2.45) is 0 Å². The maximum Gasteiger partial charge on any atom is 0.435 e. The minimum absolute atomic E-state index is 0.132. The lowest BCUT2D eigenvalue weighted by atomic mass is 10.3. The molecule has 0 radical (unpaired) electrons. The van der Waals surface area contributed by atoms with E-state index in [-0.39, 0.29) is 23.1 Å². The van der Waals surface area contributed by atoms with Crippen molar-refractivity contribution in [1.29, 1.82) is 0 Å².